The van der Waals surface area contributed by atoms with E-state index in [-0.39, 0.29) is 0 Å². The van der Waals surface area contributed by atoms with Crippen molar-refractivity contribution < 1.29 is 9.90 Å². The molecule has 18 heavy (non-hydrogen) atoms. The predicted molar refractivity (Wildman–Crippen MR) is 73.0 cm³/mol. The zero-order valence-electron chi connectivity index (χ0n) is 10.9. The highest BCUT2D eigenvalue weighted by molar-refractivity contribution is 6.03. The van der Waals surface area contributed by atoms with E-state index in [0.717, 1.165) is 30.3 Å². The van der Waals surface area contributed by atoms with Gasteiger partial charge in [-0.1, -0.05) is 32.0 Å². The Labute approximate surface area is 107 Å². The van der Waals surface area contributed by atoms with Crippen LogP contribution in [0, 0.1) is 5.92 Å². The Bertz CT molecular complexity index is 555. The molecule has 0 fully saturated rings. The summed E-state index contributed by atoms with van der Waals surface area (Å²) < 4.78 is 2.06. The number of carbonyl (C=O) groups is 1. The van der Waals surface area contributed by atoms with Gasteiger partial charge in [-0.05, 0) is 24.8 Å². The van der Waals surface area contributed by atoms with Gasteiger partial charge in [-0.25, -0.2) is 4.79 Å². The first-order valence-corrected chi connectivity index (χ1v) is 6.40. The molecule has 0 spiro atoms. The molecular weight excluding hydrogens is 226 g/mol. The molecule has 0 atom stereocenters. The summed E-state index contributed by atoms with van der Waals surface area (Å²) in [5, 5.41) is 10.0. The van der Waals surface area contributed by atoms with Crippen LogP contribution in [-0.4, -0.2) is 15.6 Å². The van der Waals surface area contributed by atoms with E-state index >= 15 is 0 Å². The van der Waals surface area contributed by atoms with Crippen LogP contribution >= 0.6 is 0 Å². The minimum Gasteiger partial charge on any atom is -0.478 e. The first-order valence-electron chi connectivity index (χ1n) is 6.40. The topological polar surface area (TPSA) is 42.2 Å². The van der Waals surface area contributed by atoms with E-state index in [4.69, 9.17) is 0 Å². The van der Waals surface area contributed by atoms with E-state index in [1.165, 1.54) is 0 Å². The fraction of sp³-hybridized carbons (Fsp3) is 0.400. The van der Waals surface area contributed by atoms with Crippen LogP contribution in [0.2, 0.25) is 0 Å². The van der Waals surface area contributed by atoms with Gasteiger partial charge in [0.2, 0.25) is 0 Å². The fourth-order valence-corrected chi connectivity index (χ4v) is 2.27. The van der Waals surface area contributed by atoms with Crippen molar-refractivity contribution in [2.45, 2.75) is 33.2 Å². The van der Waals surface area contributed by atoms with Gasteiger partial charge in [-0.2, -0.15) is 0 Å². The first-order chi connectivity index (χ1) is 8.59. The molecule has 0 amide bonds. The van der Waals surface area contributed by atoms with E-state index in [2.05, 4.69) is 18.4 Å². The molecule has 2 rings (SSSR count). The quantitative estimate of drug-likeness (QED) is 0.871. The third-order valence-electron chi connectivity index (χ3n) is 3.20. The van der Waals surface area contributed by atoms with Crippen molar-refractivity contribution in [2.75, 3.05) is 0 Å². The van der Waals surface area contributed by atoms with Crippen LogP contribution in [0.4, 0.5) is 0 Å². The van der Waals surface area contributed by atoms with Crippen LogP contribution in [0.25, 0.3) is 10.9 Å². The molecule has 0 aliphatic carbocycles. The van der Waals surface area contributed by atoms with Crippen LogP contribution in [-0.2, 0) is 6.54 Å². The number of aromatic carboxylic acids is 1. The number of aryl methyl sites for hydroxylation is 1. The number of benzene rings is 1. The number of carboxylic acid groups (broad SMARTS) is 1. The highest BCUT2D eigenvalue weighted by atomic mass is 16.4. The summed E-state index contributed by atoms with van der Waals surface area (Å²) in [4.78, 5) is 11.2. The van der Waals surface area contributed by atoms with Crippen LogP contribution in [0.1, 0.15) is 37.0 Å². The Morgan fingerprint density at radius 2 is 2.06 bits per heavy atom. The molecule has 3 nitrogen and oxygen atoms in total. The SMILES string of the molecule is CC(C)CCCn1cc(C(=O)O)c2ccccc21. The zero-order valence-corrected chi connectivity index (χ0v) is 10.9. The zero-order chi connectivity index (χ0) is 13.1. The highest BCUT2D eigenvalue weighted by Gasteiger charge is 2.13. The van der Waals surface area contributed by atoms with E-state index in [1.807, 2.05) is 24.3 Å². The number of nitrogens with zero attached hydrogens (tertiary/aromatic N) is 1. The number of aromatic nitrogens is 1. The minimum atomic E-state index is -0.853. The maximum Gasteiger partial charge on any atom is 0.337 e. The van der Waals surface area contributed by atoms with Gasteiger partial charge in [0.1, 0.15) is 0 Å². The van der Waals surface area contributed by atoms with Gasteiger partial charge in [-0.15, -0.1) is 0 Å². The van der Waals surface area contributed by atoms with Crippen LogP contribution < -0.4 is 0 Å². The van der Waals surface area contributed by atoms with Gasteiger partial charge in [0, 0.05) is 23.6 Å². The fourth-order valence-electron chi connectivity index (χ4n) is 2.27. The second-order valence-electron chi connectivity index (χ2n) is 5.09. The summed E-state index contributed by atoms with van der Waals surface area (Å²) in [6.45, 7) is 5.29. The standard InChI is InChI=1S/C15H19NO2/c1-11(2)6-5-9-16-10-13(15(17)18)12-7-3-4-8-14(12)16/h3-4,7-8,10-11H,5-6,9H2,1-2H3,(H,17,18). The Kier molecular flexibility index (Phi) is 3.70. The normalized spacial score (nSPS) is 11.3. The van der Waals surface area contributed by atoms with Gasteiger partial charge < -0.3 is 9.67 Å². The summed E-state index contributed by atoms with van der Waals surface area (Å²) in [6, 6.07) is 7.69. The minimum absolute atomic E-state index is 0.398. The number of para-hydroxylation sites is 1. The average molecular weight is 245 g/mol. The van der Waals surface area contributed by atoms with Crippen molar-refractivity contribution in [3.05, 3.63) is 36.0 Å². The summed E-state index contributed by atoms with van der Waals surface area (Å²) >= 11 is 0. The molecule has 1 heterocycles. The molecule has 0 bridgehead atoms. The van der Waals surface area contributed by atoms with Crippen LogP contribution in [0.5, 0.6) is 0 Å². The maximum atomic E-state index is 11.2. The molecule has 0 aliphatic rings. The third-order valence-corrected chi connectivity index (χ3v) is 3.20. The molecular formula is C15H19NO2. The summed E-state index contributed by atoms with van der Waals surface area (Å²) in [7, 11) is 0. The van der Waals surface area contributed by atoms with E-state index in [9.17, 15) is 9.90 Å². The molecule has 0 saturated carbocycles. The highest BCUT2D eigenvalue weighted by Crippen LogP contribution is 2.22. The average Bonchev–Trinajstić information content (AvgIpc) is 2.68. The molecule has 0 aliphatic heterocycles. The van der Waals surface area contributed by atoms with E-state index in [1.54, 1.807) is 6.20 Å². The molecule has 96 valence electrons. The van der Waals surface area contributed by atoms with Crippen LogP contribution in [0.15, 0.2) is 30.5 Å². The molecule has 2 aromatic rings. The number of hydrogen-bond donors (Lipinski definition) is 1. The van der Waals surface area contributed by atoms with Gasteiger partial charge in [0.05, 0.1) is 5.56 Å². The molecule has 0 saturated heterocycles. The van der Waals surface area contributed by atoms with Crippen molar-refractivity contribution >= 4 is 16.9 Å². The lowest BCUT2D eigenvalue weighted by molar-refractivity contribution is 0.0699. The maximum absolute atomic E-state index is 11.2. The molecule has 1 N–H and O–H groups in total. The lowest BCUT2D eigenvalue weighted by Crippen LogP contribution is -1.99. The molecule has 0 radical (unpaired) electrons. The monoisotopic (exact) mass is 245 g/mol. The second-order valence-corrected chi connectivity index (χ2v) is 5.09. The van der Waals surface area contributed by atoms with Gasteiger partial charge in [0.15, 0.2) is 0 Å². The van der Waals surface area contributed by atoms with Crippen molar-refractivity contribution in [1.82, 2.24) is 4.57 Å². The Hall–Kier alpha value is -1.77. The molecule has 3 heteroatoms. The van der Waals surface area contributed by atoms with Crippen molar-refractivity contribution in [1.29, 1.82) is 0 Å². The Morgan fingerprint density at radius 1 is 1.33 bits per heavy atom. The Balaban J connectivity index is 2.30. The third kappa shape index (κ3) is 2.55. The van der Waals surface area contributed by atoms with Gasteiger partial charge in [0.25, 0.3) is 0 Å². The first kappa shape index (κ1) is 12.7. The second kappa shape index (κ2) is 5.25. The van der Waals surface area contributed by atoms with Crippen LogP contribution in [0.3, 0.4) is 0 Å². The van der Waals surface area contributed by atoms with Crippen molar-refractivity contribution in [3.8, 4) is 0 Å². The predicted octanol–water partition coefficient (Wildman–Crippen LogP) is 3.78. The molecule has 0 unspecified atom stereocenters. The van der Waals surface area contributed by atoms with E-state index in [0.29, 0.717) is 11.5 Å². The van der Waals surface area contributed by atoms with Crippen molar-refractivity contribution in [3.63, 3.8) is 0 Å². The number of hydrogen-bond acceptors (Lipinski definition) is 1. The van der Waals surface area contributed by atoms with Gasteiger partial charge >= 0.3 is 5.97 Å². The van der Waals surface area contributed by atoms with E-state index < -0.39 is 5.97 Å². The molecule has 1 aromatic heterocycles. The smallest absolute Gasteiger partial charge is 0.337 e. The Morgan fingerprint density at radius 3 is 2.72 bits per heavy atom. The lowest BCUT2D eigenvalue weighted by atomic mass is 10.1. The molecule has 1 aromatic carbocycles. The summed E-state index contributed by atoms with van der Waals surface area (Å²) in [5.74, 6) is -0.167. The number of carboxylic acids is 1. The summed E-state index contributed by atoms with van der Waals surface area (Å²) in [5.41, 5.74) is 1.41. The lowest BCUT2D eigenvalue weighted by Gasteiger charge is -2.07. The largest absolute Gasteiger partial charge is 0.478 e. The summed E-state index contributed by atoms with van der Waals surface area (Å²) in [6.07, 6.45) is 4.00. The number of rotatable bonds is 5. The van der Waals surface area contributed by atoms with Crippen molar-refractivity contribution in [2.24, 2.45) is 5.92 Å². The number of fused-ring (bicyclic) bond motifs is 1. The van der Waals surface area contributed by atoms with Gasteiger partial charge in [-0.3, -0.25) is 0 Å².